The van der Waals surface area contributed by atoms with E-state index in [1.807, 2.05) is 0 Å². The van der Waals surface area contributed by atoms with Gasteiger partial charge in [0.05, 0.1) is 19.3 Å². The molecule has 0 unspecified atom stereocenters. The number of benzene rings is 1. The van der Waals surface area contributed by atoms with Gasteiger partial charge < -0.3 is 9.47 Å². The van der Waals surface area contributed by atoms with Crippen molar-refractivity contribution in [1.29, 1.82) is 0 Å². The van der Waals surface area contributed by atoms with Gasteiger partial charge in [-0.1, -0.05) is 6.07 Å². The van der Waals surface area contributed by atoms with Gasteiger partial charge in [0, 0.05) is 0 Å². The Bertz CT molecular complexity index is 369. The number of rotatable bonds is 2. The van der Waals surface area contributed by atoms with Crippen LogP contribution in [-0.2, 0) is 10.9 Å². The number of hydrogen-bond donors (Lipinski definition) is 0. The van der Waals surface area contributed by atoms with Gasteiger partial charge in [0.25, 0.3) is 0 Å². The van der Waals surface area contributed by atoms with Crippen LogP contribution in [0.4, 0.5) is 13.2 Å². The molecule has 2 nitrogen and oxygen atoms in total. The fourth-order valence-corrected chi connectivity index (χ4v) is 1.38. The summed E-state index contributed by atoms with van der Waals surface area (Å²) >= 11 is 0. The number of ether oxygens (including phenoxy) is 2. The molecule has 15 heavy (non-hydrogen) atoms. The van der Waals surface area contributed by atoms with Crippen LogP contribution in [0.3, 0.4) is 0 Å². The molecule has 1 aromatic rings. The van der Waals surface area contributed by atoms with Crippen LogP contribution in [0, 0.1) is 0 Å². The molecular weight excluding hydrogens is 209 g/mol. The van der Waals surface area contributed by atoms with Gasteiger partial charge in [-0.05, 0) is 17.7 Å². The van der Waals surface area contributed by atoms with E-state index in [4.69, 9.17) is 9.47 Å². The van der Waals surface area contributed by atoms with Gasteiger partial charge in [-0.2, -0.15) is 13.2 Å². The Hall–Kier alpha value is -1.23. The molecule has 0 saturated carbocycles. The van der Waals surface area contributed by atoms with Crippen LogP contribution < -0.4 is 4.74 Å². The zero-order chi connectivity index (χ0) is 11.1. The zero-order valence-electron chi connectivity index (χ0n) is 7.97. The number of alkyl halides is 3. The normalized spacial score (nSPS) is 20.1. The molecule has 2 rings (SSSR count). The maximum absolute atomic E-state index is 12.5. The van der Waals surface area contributed by atoms with Gasteiger partial charge >= 0.3 is 6.18 Å². The Labute approximate surface area is 84.6 Å². The highest BCUT2D eigenvalue weighted by atomic mass is 19.4. The second-order valence-electron chi connectivity index (χ2n) is 3.28. The molecule has 1 aliphatic rings. The second kappa shape index (κ2) is 3.41. The van der Waals surface area contributed by atoms with Crippen LogP contribution in [-0.4, -0.2) is 13.7 Å². The first-order valence-electron chi connectivity index (χ1n) is 4.39. The average molecular weight is 218 g/mol. The molecule has 1 heterocycles. The van der Waals surface area contributed by atoms with Crippen molar-refractivity contribution in [2.24, 2.45) is 0 Å². The number of epoxide rings is 1. The average Bonchev–Trinajstić information content (AvgIpc) is 2.98. The van der Waals surface area contributed by atoms with Crippen molar-refractivity contribution < 1.29 is 22.6 Å². The van der Waals surface area contributed by atoms with E-state index < -0.39 is 11.7 Å². The van der Waals surface area contributed by atoms with Crippen molar-refractivity contribution in [2.45, 2.75) is 12.3 Å². The Morgan fingerprint density at radius 3 is 2.53 bits per heavy atom. The third kappa shape index (κ3) is 2.07. The molecule has 1 aromatic carbocycles. The lowest BCUT2D eigenvalue weighted by Gasteiger charge is -2.12. The van der Waals surface area contributed by atoms with Crippen molar-refractivity contribution in [3.8, 4) is 5.75 Å². The van der Waals surface area contributed by atoms with E-state index in [-0.39, 0.29) is 11.9 Å². The molecule has 0 aliphatic carbocycles. The lowest BCUT2D eigenvalue weighted by molar-refractivity contribution is -0.138. The summed E-state index contributed by atoms with van der Waals surface area (Å²) in [6.07, 6.45) is -4.45. The molecule has 82 valence electrons. The van der Waals surface area contributed by atoms with E-state index in [1.54, 1.807) is 0 Å². The Morgan fingerprint density at radius 2 is 2.07 bits per heavy atom. The predicted molar refractivity (Wildman–Crippen MR) is 46.7 cm³/mol. The molecular formula is C10H9F3O2. The molecule has 1 atom stereocenters. The first kappa shape index (κ1) is 10.3. The van der Waals surface area contributed by atoms with Gasteiger partial charge in [-0.3, -0.25) is 0 Å². The van der Waals surface area contributed by atoms with Crippen LogP contribution in [0.5, 0.6) is 5.75 Å². The maximum Gasteiger partial charge on any atom is 0.419 e. The lowest BCUT2D eigenvalue weighted by atomic mass is 10.1. The summed E-state index contributed by atoms with van der Waals surface area (Å²) in [6.45, 7) is 0.564. The smallest absolute Gasteiger partial charge is 0.419 e. The first-order chi connectivity index (χ1) is 7.02. The lowest BCUT2D eigenvalue weighted by Crippen LogP contribution is -2.07. The van der Waals surface area contributed by atoms with Crippen LogP contribution in [0.15, 0.2) is 18.2 Å². The van der Waals surface area contributed by atoms with Crippen molar-refractivity contribution in [3.63, 3.8) is 0 Å². The van der Waals surface area contributed by atoms with E-state index in [1.165, 1.54) is 19.2 Å². The highest BCUT2D eigenvalue weighted by Crippen LogP contribution is 2.39. The highest BCUT2D eigenvalue weighted by molar-refractivity contribution is 5.40. The minimum Gasteiger partial charge on any atom is -0.496 e. The van der Waals surface area contributed by atoms with Crippen molar-refractivity contribution in [1.82, 2.24) is 0 Å². The van der Waals surface area contributed by atoms with E-state index >= 15 is 0 Å². The minimum absolute atomic E-state index is 0.0683. The van der Waals surface area contributed by atoms with Gasteiger partial charge in [-0.15, -0.1) is 0 Å². The highest BCUT2D eigenvalue weighted by Gasteiger charge is 2.35. The largest absolute Gasteiger partial charge is 0.496 e. The van der Waals surface area contributed by atoms with Gasteiger partial charge in [-0.25, -0.2) is 0 Å². The van der Waals surface area contributed by atoms with E-state index in [2.05, 4.69) is 0 Å². The topological polar surface area (TPSA) is 21.8 Å². The molecule has 1 fully saturated rings. The second-order valence-corrected chi connectivity index (χ2v) is 3.28. The molecule has 1 saturated heterocycles. The molecule has 0 bridgehead atoms. The monoisotopic (exact) mass is 218 g/mol. The van der Waals surface area contributed by atoms with E-state index in [9.17, 15) is 13.2 Å². The van der Waals surface area contributed by atoms with Gasteiger partial charge in [0.1, 0.15) is 11.9 Å². The summed E-state index contributed by atoms with van der Waals surface area (Å²) in [5.41, 5.74) is -0.0331. The summed E-state index contributed by atoms with van der Waals surface area (Å²) in [7, 11) is 1.22. The van der Waals surface area contributed by atoms with Crippen LogP contribution >= 0.6 is 0 Å². The van der Waals surface area contributed by atoms with Crippen molar-refractivity contribution in [3.05, 3.63) is 29.3 Å². The molecule has 0 radical (unpaired) electrons. The van der Waals surface area contributed by atoms with Crippen LogP contribution in [0.25, 0.3) is 0 Å². The Balaban J connectivity index is 2.39. The summed E-state index contributed by atoms with van der Waals surface area (Å²) in [5, 5.41) is 0. The summed E-state index contributed by atoms with van der Waals surface area (Å²) in [5.74, 6) is -0.157. The standard InChI is InChI=1S/C10H9F3O2/c1-14-8-4-6(9-5-15-9)2-3-7(8)10(11,12)13/h2-4,9H,5H2,1H3/t9-/m1/s1. The third-order valence-electron chi connectivity index (χ3n) is 2.24. The van der Waals surface area contributed by atoms with Gasteiger partial charge in [0.15, 0.2) is 0 Å². The third-order valence-corrected chi connectivity index (χ3v) is 2.24. The predicted octanol–water partition coefficient (Wildman–Crippen LogP) is 2.79. The molecule has 0 aromatic heterocycles. The maximum atomic E-state index is 12.5. The molecule has 0 amide bonds. The Morgan fingerprint density at radius 1 is 1.40 bits per heavy atom. The van der Waals surface area contributed by atoms with Crippen molar-refractivity contribution >= 4 is 0 Å². The molecule has 1 aliphatic heterocycles. The van der Waals surface area contributed by atoms with E-state index in [0.29, 0.717) is 6.61 Å². The van der Waals surface area contributed by atoms with Crippen LogP contribution in [0.2, 0.25) is 0 Å². The quantitative estimate of drug-likeness (QED) is 0.712. The zero-order valence-corrected chi connectivity index (χ0v) is 7.97. The van der Waals surface area contributed by atoms with E-state index in [0.717, 1.165) is 11.6 Å². The summed E-state index contributed by atoms with van der Waals surface area (Å²) in [4.78, 5) is 0. The molecule has 0 N–H and O–H groups in total. The Kier molecular flexibility index (Phi) is 2.34. The fraction of sp³-hybridized carbons (Fsp3) is 0.400. The number of methoxy groups -OCH3 is 1. The first-order valence-corrected chi connectivity index (χ1v) is 4.39. The summed E-state index contributed by atoms with van der Waals surface area (Å²) in [6, 6.07) is 3.82. The van der Waals surface area contributed by atoms with Crippen molar-refractivity contribution in [2.75, 3.05) is 13.7 Å². The number of hydrogen-bond acceptors (Lipinski definition) is 2. The number of halogens is 3. The molecule has 5 heteroatoms. The summed E-state index contributed by atoms with van der Waals surface area (Å²) < 4.78 is 47.1. The minimum atomic E-state index is -4.38. The fourth-order valence-electron chi connectivity index (χ4n) is 1.38. The van der Waals surface area contributed by atoms with Crippen LogP contribution in [0.1, 0.15) is 17.2 Å². The van der Waals surface area contributed by atoms with Gasteiger partial charge in [0.2, 0.25) is 0 Å². The SMILES string of the molecule is COc1cc([C@H]2CO2)ccc1C(F)(F)F. The molecule has 0 spiro atoms.